The van der Waals surface area contributed by atoms with Crippen LogP contribution in [0.25, 0.3) is 0 Å². The molecule has 0 radical (unpaired) electrons. The van der Waals surface area contributed by atoms with Gasteiger partial charge in [-0.3, -0.25) is 4.79 Å². The zero-order valence-electron chi connectivity index (χ0n) is 9.28. The second-order valence-electron chi connectivity index (χ2n) is 3.98. The number of methoxy groups -OCH3 is 1. The van der Waals surface area contributed by atoms with E-state index in [9.17, 15) is 4.79 Å². The maximum atomic E-state index is 11.7. The first-order valence-corrected chi connectivity index (χ1v) is 5.05. The summed E-state index contributed by atoms with van der Waals surface area (Å²) < 4.78 is 5.17. The molecule has 3 nitrogen and oxygen atoms in total. The van der Waals surface area contributed by atoms with E-state index in [1.54, 1.807) is 12.0 Å². The molecule has 80 valence electrons. The van der Waals surface area contributed by atoms with Crippen molar-refractivity contribution in [3.63, 3.8) is 0 Å². The summed E-state index contributed by atoms with van der Waals surface area (Å²) in [5.41, 5.74) is 2.31. The Bertz CT molecular complexity index is 401. The molecular formula is C12H15NO2. The molecule has 1 aliphatic heterocycles. The highest BCUT2D eigenvalue weighted by Gasteiger charge is 2.27. The van der Waals surface area contributed by atoms with E-state index < -0.39 is 0 Å². The second-order valence-corrected chi connectivity index (χ2v) is 3.98. The Kier molecular flexibility index (Phi) is 2.39. The highest BCUT2D eigenvalue weighted by atomic mass is 16.5. The van der Waals surface area contributed by atoms with Gasteiger partial charge in [0.15, 0.2) is 0 Å². The molecule has 0 aromatic heterocycles. The minimum absolute atomic E-state index is 0.0374. The second kappa shape index (κ2) is 3.57. The minimum atomic E-state index is -0.0374. The quantitative estimate of drug-likeness (QED) is 0.699. The number of fused-ring (bicyclic) bond motifs is 1. The molecule has 3 heteroatoms. The third-order valence-corrected chi connectivity index (χ3v) is 2.97. The van der Waals surface area contributed by atoms with E-state index in [0.29, 0.717) is 6.54 Å². The lowest BCUT2D eigenvalue weighted by Crippen LogP contribution is -2.35. The van der Waals surface area contributed by atoms with Gasteiger partial charge in [-0.15, -0.1) is 0 Å². The van der Waals surface area contributed by atoms with Crippen molar-refractivity contribution in [3.05, 3.63) is 29.3 Å². The van der Waals surface area contributed by atoms with Gasteiger partial charge in [0.25, 0.3) is 0 Å². The Labute approximate surface area is 89.7 Å². The molecule has 0 N–H and O–H groups in total. The van der Waals surface area contributed by atoms with Crippen LogP contribution in [-0.2, 0) is 11.3 Å². The van der Waals surface area contributed by atoms with Gasteiger partial charge in [0.2, 0.25) is 5.91 Å². The summed E-state index contributed by atoms with van der Waals surface area (Å²) >= 11 is 0. The fraction of sp³-hybridized carbons (Fsp3) is 0.417. The molecule has 1 unspecified atom stereocenters. The summed E-state index contributed by atoms with van der Waals surface area (Å²) in [5, 5.41) is 0. The molecule has 1 aromatic carbocycles. The zero-order chi connectivity index (χ0) is 11.0. The first-order valence-electron chi connectivity index (χ1n) is 5.05. The van der Waals surface area contributed by atoms with Gasteiger partial charge in [-0.1, -0.05) is 6.07 Å². The molecule has 1 aromatic rings. The third kappa shape index (κ3) is 1.58. The summed E-state index contributed by atoms with van der Waals surface area (Å²) in [4.78, 5) is 13.5. The summed E-state index contributed by atoms with van der Waals surface area (Å²) in [6, 6.07) is 5.91. The van der Waals surface area contributed by atoms with E-state index in [1.165, 1.54) is 5.56 Å². The number of ether oxygens (including phenoxy) is 1. The number of carbonyl (C=O) groups excluding carboxylic acids is 1. The third-order valence-electron chi connectivity index (χ3n) is 2.97. The van der Waals surface area contributed by atoms with Crippen molar-refractivity contribution in [3.8, 4) is 5.75 Å². The molecule has 1 aliphatic rings. The molecule has 0 spiro atoms. The lowest BCUT2D eigenvalue weighted by molar-refractivity contribution is -0.132. The summed E-state index contributed by atoms with van der Waals surface area (Å²) in [6.07, 6.45) is 0. The van der Waals surface area contributed by atoms with Crippen LogP contribution >= 0.6 is 0 Å². The van der Waals surface area contributed by atoms with Crippen LogP contribution in [0.2, 0.25) is 0 Å². The van der Waals surface area contributed by atoms with Crippen LogP contribution < -0.4 is 4.74 Å². The average Bonchev–Trinajstić information content (AvgIpc) is 2.25. The van der Waals surface area contributed by atoms with Crippen LogP contribution in [0, 0.1) is 0 Å². The molecule has 2 rings (SSSR count). The maximum Gasteiger partial charge on any atom is 0.229 e. The molecular weight excluding hydrogens is 190 g/mol. The van der Waals surface area contributed by atoms with Gasteiger partial charge in [0.05, 0.1) is 13.0 Å². The largest absolute Gasteiger partial charge is 0.497 e. The molecule has 1 amide bonds. The Hall–Kier alpha value is -1.51. The Morgan fingerprint density at radius 1 is 1.47 bits per heavy atom. The van der Waals surface area contributed by atoms with Crippen LogP contribution in [0.4, 0.5) is 0 Å². The number of likely N-dealkylation sites (N-methyl/N-ethyl adjacent to an activating group) is 1. The fourth-order valence-electron chi connectivity index (χ4n) is 2.07. The number of amides is 1. The number of hydrogen-bond acceptors (Lipinski definition) is 2. The van der Waals surface area contributed by atoms with Gasteiger partial charge < -0.3 is 9.64 Å². The first-order chi connectivity index (χ1) is 7.13. The number of benzene rings is 1. The molecule has 0 aliphatic carbocycles. The number of carbonyl (C=O) groups is 1. The van der Waals surface area contributed by atoms with Gasteiger partial charge >= 0.3 is 0 Å². The highest BCUT2D eigenvalue weighted by molar-refractivity contribution is 5.85. The molecule has 0 fully saturated rings. The molecule has 1 heterocycles. The van der Waals surface area contributed by atoms with Crippen LogP contribution in [0.1, 0.15) is 24.0 Å². The van der Waals surface area contributed by atoms with Gasteiger partial charge in [-0.05, 0) is 30.2 Å². The van der Waals surface area contributed by atoms with Crippen molar-refractivity contribution in [2.75, 3.05) is 14.2 Å². The van der Waals surface area contributed by atoms with Crippen LogP contribution in [-0.4, -0.2) is 25.0 Å². The zero-order valence-corrected chi connectivity index (χ0v) is 9.28. The summed E-state index contributed by atoms with van der Waals surface area (Å²) in [7, 11) is 3.49. The van der Waals surface area contributed by atoms with Crippen molar-refractivity contribution >= 4 is 5.91 Å². The summed E-state index contributed by atoms with van der Waals surface area (Å²) in [6.45, 7) is 2.62. The smallest absolute Gasteiger partial charge is 0.229 e. The van der Waals surface area contributed by atoms with E-state index >= 15 is 0 Å². The van der Waals surface area contributed by atoms with Crippen molar-refractivity contribution in [1.29, 1.82) is 0 Å². The standard InChI is InChI=1S/C12H15NO2/c1-8-11-5-4-10(15-3)6-9(11)7-13(2)12(8)14/h4-6,8H,7H2,1-3H3. The predicted molar refractivity (Wildman–Crippen MR) is 57.9 cm³/mol. The topological polar surface area (TPSA) is 29.5 Å². The molecule has 0 bridgehead atoms. The number of rotatable bonds is 1. The lowest BCUT2D eigenvalue weighted by atomic mass is 9.90. The fourth-order valence-corrected chi connectivity index (χ4v) is 2.07. The van der Waals surface area contributed by atoms with Gasteiger partial charge in [0, 0.05) is 13.6 Å². The van der Waals surface area contributed by atoms with Gasteiger partial charge in [-0.2, -0.15) is 0 Å². The van der Waals surface area contributed by atoms with E-state index in [4.69, 9.17) is 4.74 Å². The summed E-state index contributed by atoms with van der Waals surface area (Å²) in [5.74, 6) is 1.00. The highest BCUT2D eigenvalue weighted by Crippen LogP contribution is 2.30. The van der Waals surface area contributed by atoms with Gasteiger partial charge in [-0.25, -0.2) is 0 Å². The Morgan fingerprint density at radius 3 is 2.87 bits per heavy atom. The number of nitrogens with zero attached hydrogens (tertiary/aromatic N) is 1. The SMILES string of the molecule is COc1ccc2c(c1)CN(C)C(=O)C2C. The molecule has 0 saturated heterocycles. The van der Waals surface area contributed by atoms with Crippen LogP contribution in [0.15, 0.2) is 18.2 Å². The predicted octanol–water partition coefficient (Wildman–Crippen LogP) is 1.77. The molecule has 0 saturated carbocycles. The van der Waals surface area contributed by atoms with Gasteiger partial charge in [0.1, 0.15) is 5.75 Å². The normalized spacial score (nSPS) is 20.1. The van der Waals surface area contributed by atoms with Crippen molar-refractivity contribution in [1.82, 2.24) is 4.90 Å². The number of hydrogen-bond donors (Lipinski definition) is 0. The minimum Gasteiger partial charge on any atom is -0.497 e. The van der Waals surface area contributed by atoms with Crippen molar-refractivity contribution < 1.29 is 9.53 Å². The monoisotopic (exact) mass is 205 g/mol. The molecule has 1 atom stereocenters. The maximum absolute atomic E-state index is 11.7. The van der Waals surface area contributed by atoms with Crippen LogP contribution in [0.3, 0.4) is 0 Å². The van der Waals surface area contributed by atoms with Crippen molar-refractivity contribution in [2.24, 2.45) is 0 Å². The van der Waals surface area contributed by atoms with E-state index in [0.717, 1.165) is 11.3 Å². The first kappa shape index (κ1) is 10.0. The van der Waals surface area contributed by atoms with E-state index in [-0.39, 0.29) is 11.8 Å². The van der Waals surface area contributed by atoms with E-state index in [2.05, 4.69) is 0 Å². The van der Waals surface area contributed by atoms with Crippen molar-refractivity contribution in [2.45, 2.75) is 19.4 Å². The Morgan fingerprint density at radius 2 is 2.20 bits per heavy atom. The Balaban J connectivity index is 2.45. The van der Waals surface area contributed by atoms with Crippen LogP contribution in [0.5, 0.6) is 5.75 Å². The van der Waals surface area contributed by atoms with E-state index in [1.807, 2.05) is 32.2 Å². The average molecular weight is 205 g/mol. The molecule has 15 heavy (non-hydrogen) atoms. The lowest BCUT2D eigenvalue weighted by Gasteiger charge is -2.29.